The van der Waals surface area contributed by atoms with Gasteiger partial charge >= 0.3 is 0 Å². The molecule has 1 aliphatic rings. The molecule has 1 aliphatic carbocycles. The summed E-state index contributed by atoms with van der Waals surface area (Å²) in [7, 11) is 0. The Bertz CT molecular complexity index is 888. The van der Waals surface area contributed by atoms with Crippen LogP contribution in [0.15, 0.2) is 29.7 Å². The highest BCUT2D eigenvalue weighted by Gasteiger charge is 2.29. The number of ketones is 1. The van der Waals surface area contributed by atoms with Crippen LogP contribution in [0, 0.1) is 28.6 Å². The van der Waals surface area contributed by atoms with E-state index in [1.165, 1.54) is 25.1 Å². The first-order valence-corrected chi connectivity index (χ1v) is 10.5. The van der Waals surface area contributed by atoms with E-state index in [0.29, 0.717) is 11.1 Å². The zero-order chi connectivity index (χ0) is 20.1. The van der Waals surface area contributed by atoms with Crippen molar-refractivity contribution in [2.45, 2.75) is 50.7 Å². The van der Waals surface area contributed by atoms with Crippen molar-refractivity contribution in [3.05, 3.63) is 24.5 Å². The Balaban J connectivity index is 1.91. The van der Waals surface area contributed by atoms with Crippen molar-refractivity contribution in [1.82, 2.24) is 19.7 Å². The zero-order valence-electron chi connectivity index (χ0n) is 16.1. The first-order valence-electron chi connectivity index (χ1n) is 9.48. The molecule has 2 aromatic rings. The van der Waals surface area contributed by atoms with Gasteiger partial charge in [0, 0.05) is 29.7 Å². The van der Waals surface area contributed by atoms with Crippen LogP contribution in [0.4, 0.5) is 0 Å². The number of hydrogen-bond acceptors (Lipinski definition) is 7. The molecule has 1 fully saturated rings. The van der Waals surface area contributed by atoms with Crippen LogP contribution in [-0.2, 0) is 4.79 Å². The second-order valence-corrected chi connectivity index (χ2v) is 8.19. The molecule has 7 nitrogen and oxygen atoms in total. The van der Waals surface area contributed by atoms with Gasteiger partial charge in [-0.2, -0.15) is 5.26 Å². The molecule has 146 valence electrons. The highest BCUT2D eigenvalue weighted by molar-refractivity contribution is 7.99. The van der Waals surface area contributed by atoms with Crippen LogP contribution in [0.5, 0.6) is 0 Å². The molecule has 3 rings (SSSR count). The van der Waals surface area contributed by atoms with E-state index in [0.717, 1.165) is 30.7 Å². The molecular weight excluding hydrogens is 372 g/mol. The predicted octanol–water partition coefficient (Wildman–Crippen LogP) is 3.93. The van der Waals surface area contributed by atoms with Crippen molar-refractivity contribution in [2.24, 2.45) is 11.8 Å². The molecular formula is C20H24N6OS. The van der Waals surface area contributed by atoms with E-state index in [-0.39, 0.29) is 23.3 Å². The Kier molecular flexibility index (Phi) is 6.57. The number of Topliss-reactive ketones (excluding diaryl/α,β-unsaturated/α-hetero) is 1. The van der Waals surface area contributed by atoms with Crippen molar-refractivity contribution in [1.29, 1.82) is 10.7 Å². The first-order chi connectivity index (χ1) is 13.5. The summed E-state index contributed by atoms with van der Waals surface area (Å²) in [6.45, 7) is 3.74. The van der Waals surface area contributed by atoms with Crippen molar-refractivity contribution in [3.63, 3.8) is 0 Å². The van der Waals surface area contributed by atoms with Gasteiger partial charge < -0.3 is 5.41 Å². The topological polar surface area (TPSA) is 108 Å². The van der Waals surface area contributed by atoms with Crippen LogP contribution >= 0.6 is 11.8 Å². The molecule has 1 saturated carbocycles. The smallest absolute Gasteiger partial charge is 0.192 e. The van der Waals surface area contributed by atoms with E-state index in [1.54, 1.807) is 12.4 Å². The summed E-state index contributed by atoms with van der Waals surface area (Å²) in [6, 6.07) is 6.02. The zero-order valence-corrected chi connectivity index (χ0v) is 16.9. The monoisotopic (exact) mass is 396 g/mol. The highest BCUT2D eigenvalue weighted by atomic mass is 32.2. The average molecular weight is 397 g/mol. The maximum absolute atomic E-state index is 12.4. The van der Waals surface area contributed by atoms with Crippen LogP contribution in [0.25, 0.3) is 11.4 Å². The van der Waals surface area contributed by atoms with Gasteiger partial charge in [0.1, 0.15) is 5.92 Å². The van der Waals surface area contributed by atoms with Crippen LogP contribution in [-0.4, -0.2) is 37.0 Å². The quantitative estimate of drug-likeness (QED) is 0.561. The number of pyridine rings is 1. The number of nitriles is 1. The third-order valence-corrected chi connectivity index (χ3v) is 6.18. The SMILES string of the molecule is CC(=N)[C@H](C#N)C(=O)CSc1nnc(-c2cccnc2)n1[C@H]1CCCC[C@H]1C. The second kappa shape index (κ2) is 9.11. The highest BCUT2D eigenvalue weighted by Crippen LogP contribution is 2.38. The number of aromatic nitrogens is 4. The maximum atomic E-state index is 12.4. The van der Waals surface area contributed by atoms with Gasteiger partial charge in [0.25, 0.3) is 0 Å². The minimum atomic E-state index is -0.990. The molecule has 0 unspecified atom stereocenters. The molecule has 0 amide bonds. The number of carbonyl (C=O) groups is 1. The van der Waals surface area contributed by atoms with E-state index in [4.69, 9.17) is 10.7 Å². The Morgan fingerprint density at radius 1 is 1.43 bits per heavy atom. The largest absolute Gasteiger partial charge is 0.308 e. The molecule has 28 heavy (non-hydrogen) atoms. The summed E-state index contributed by atoms with van der Waals surface area (Å²) >= 11 is 1.30. The van der Waals surface area contributed by atoms with Gasteiger partial charge in [-0.25, -0.2) is 0 Å². The second-order valence-electron chi connectivity index (χ2n) is 7.25. The van der Waals surface area contributed by atoms with E-state index in [1.807, 2.05) is 18.2 Å². The predicted molar refractivity (Wildman–Crippen MR) is 108 cm³/mol. The molecule has 1 N–H and O–H groups in total. The summed E-state index contributed by atoms with van der Waals surface area (Å²) in [5.74, 6) is 0.0954. The minimum Gasteiger partial charge on any atom is -0.308 e. The third kappa shape index (κ3) is 4.30. The molecule has 0 spiro atoms. The van der Waals surface area contributed by atoms with Gasteiger partial charge in [0.15, 0.2) is 16.8 Å². The molecule has 0 aromatic carbocycles. The van der Waals surface area contributed by atoms with Crippen LogP contribution in [0.2, 0.25) is 0 Å². The van der Waals surface area contributed by atoms with E-state index in [9.17, 15) is 4.79 Å². The Hall–Kier alpha value is -2.53. The van der Waals surface area contributed by atoms with E-state index < -0.39 is 5.92 Å². The van der Waals surface area contributed by atoms with Gasteiger partial charge in [0.05, 0.1) is 11.8 Å². The normalized spacial score (nSPS) is 20.3. The average Bonchev–Trinajstić information content (AvgIpc) is 3.11. The minimum absolute atomic E-state index is 0.0755. The van der Waals surface area contributed by atoms with E-state index >= 15 is 0 Å². The Labute approximate surface area is 169 Å². The summed E-state index contributed by atoms with van der Waals surface area (Å²) < 4.78 is 2.15. The van der Waals surface area contributed by atoms with Crippen molar-refractivity contribution in [2.75, 3.05) is 5.75 Å². The molecule has 0 aliphatic heterocycles. The molecule has 8 heteroatoms. The first kappa shape index (κ1) is 20.2. The number of thioether (sulfide) groups is 1. The number of rotatable bonds is 7. The Morgan fingerprint density at radius 2 is 2.21 bits per heavy atom. The maximum Gasteiger partial charge on any atom is 0.192 e. The van der Waals surface area contributed by atoms with Crippen LogP contribution < -0.4 is 0 Å². The van der Waals surface area contributed by atoms with Gasteiger partial charge in [-0.05, 0) is 37.8 Å². The number of nitrogens with one attached hydrogen (secondary N) is 1. The van der Waals surface area contributed by atoms with Crippen molar-refractivity contribution < 1.29 is 4.79 Å². The lowest BCUT2D eigenvalue weighted by atomic mass is 9.85. The molecule has 0 radical (unpaired) electrons. The van der Waals surface area contributed by atoms with Gasteiger partial charge in [-0.3, -0.25) is 14.3 Å². The van der Waals surface area contributed by atoms with Crippen molar-refractivity contribution >= 4 is 23.3 Å². The van der Waals surface area contributed by atoms with Gasteiger partial charge in [0.2, 0.25) is 0 Å². The molecule has 0 saturated heterocycles. The fourth-order valence-electron chi connectivity index (χ4n) is 3.68. The lowest BCUT2D eigenvalue weighted by Gasteiger charge is -2.31. The van der Waals surface area contributed by atoms with Gasteiger partial charge in [-0.1, -0.05) is 31.5 Å². The number of carbonyl (C=O) groups excluding carboxylic acids is 1. The molecule has 3 atom stereocenters. The van der Waals surface area contributed by atoms with Gasteiger partial charge in [-0.15, -0.1) is 10.2 Å². The van der Waals surface area contributed by atoms with Crippen molar-refractivity contribution in [3.8, 4) is 17.5 Å². The van der Waals surface area contributed by atoms with Crippen LogP contribution in [0.3, 0.4) is 0 Å². The number of hydrogen-bond donors (Lipinski definition) is 1. The fraction of sp³-hybridized carbons (Fsp3) is 0.500. The summed E-state index contributed by atoms with van der Waals surface area (Å²) in [6.07, 6.45) is 8.09. The lowest BCUT2D eigenvalue weighted by Crippen LogP contribution is -2.24. The van der Waals surface area contributed by atoms with E-state index in [2.05, 4.69) is 26.7 Å². The third-order valence-electron chi connectivity index (χ3n) is 5.21. The summed E-state index contributed by atoms with van der Waals surface area (Å²) in [4.78, 5) is 16.6. The summed E-state index contributed by atoms with van der Waals surface area (Å²) in [5.41, 5.74) is 0.975. The lowest BCUT2D eigenvalue weighted by molar-refractivity contribution is -0.117. The molecule has 2 aromatic heterocycles. The number of nitrogens with zero attached hydrogens (tertiary/aromatic N) is 5. The summed E-state index contributed by atoms with van der Waals surface area (Å²) in [5, 5.41) is 26.2. The molecule has 2 heterocycles. The van der Waals surface area contributed by atoms with Crippen LogP contribution in [0.1, 0.15) is 45.6 Å². The fourth-order valence-corrected chi connectivity index (χ4v) is 4.57. The Morgan fingerprint density at radius 3 is 2.86 bits per heavy atom. The standard InChI is InChI=1S/C20H24N6OS/c1-13-6-3-4-8-17(13)26-19(15-7-5-9-23-11-15)24-25-20(26)28-12-18(27)16(10-21)14(2)22/h5,7,9,11,13,16-17,22H,3-4,6,8,12H2,1-2H3/t13-,16+,17+/m1/s1. The molecule has 0 bridgehead atoms.